The van der Waals surface area contributed by atoms with Crippen LogP contribution in [0.25, 0.3) is 0 Å². The van der Waals surface area contributed by atoms with Gasteiger partial charge in [0.1, 0.15) is 23.9 Å². The van der Waals surface area contributed by atoms with Gasteiger partial charge in [0.15, 0.2) is 0 Å². The minimum Gasteiger partial charge on any atom is -0.487 e. The first kappa shape index (κ1) is 18.5. The maximum Gasteiger partial charge on any atom is 0.310 e. The predicted octanol–water partition coefficient (Wildman–Crippen LogP) is 5.35. The topological polar surface area (TPSA) is 35.5 Å². The third-order valence-electron chi connectivity index (χ3n) is 3.73. The van der Waals surface area contributed by atoms with E-state index in [1.807, 2.05) is 19.1 Å². The molecule has 0 saturated heterocycles. The molecule has 2 aromatic carbocycles. The summed E-state index contributed by atoms with van der Waals surface area (Å²) >= 11 is 3.48. The number of benzene rings is 2. The molecular formula is C19H20BrFO3. The normalized spacial score (nSPS) is 10.5. The van der Waals surface area contributed by atoms with Crippen LogP contribution >= 0.6 is 15.9 Å². The monoisotopic (exact) mass is 394 g/mol. The number of aryl methyl sites for hydroxylation is 2. The van der Waals surface area contributed by atoms with Gasteiger partial charge in [-0.25, -0.2) is 4.39 Å². The fourth-order valence-corrected chi connectivity index (χ4v) is 2.81. The molecule has 0 aliphatic carbocycles. The highest BCUT2D eigenvalue weighted by Crippen LogP contribution is 2.31. The maximum atomic E-state index is 14.1. The van der Waals surface area contributed by atoms with Gasteiger partial charge in [0.2, 0.25) is 0 Å². The van der Waals surface area contributed by atoms with Crippen LogP contribution in [0, 0.1) is 12.7 Å². The van der Waals surface area contributed by atoms with E-state index in [9.17, 15) is 9.18 Å². The van der Waals surface area contributed by atoms with E-state index < -0.39 is 11.8 Å². The van der Waals surface area contributed by atoms with Crippen molar-refractivity contribution in [3.05, 3.63) is 57.3 Å². The highest BCUT2D eigenvalue weighted by atomic mass is 79.9. The minimum absolute atomic E-state index is 0.0253. The van der Waals surface area contributed by atoms with E-state index in [0.717, 1.165) is 16.5 Å². The highest BCUT2D eigenvalue weighted by Gasteiger charge is 2.14. The molecule has 0 bridgehead atoms. The summed E-state index contributed by atoms with van der Waals surface area (Å²) in [6, 6.07) is 8.32. The molecule has 0 aromatic heterocycles. The van der Waals surface area contributed by atoms with Crippen LogP contribution in [0.3, 0.4) is 0 Å². The Bertz CT molecular complexity index is 744. The summed E-state index contributed by atoms with van der Waals surface area (Å²) in [4.78, 5) is 11.5. The summed E-state index contributed by atoms with van der Waals surface area (Å²) in [5.41, 5.74) is 2.56. The second kappa shape index (κ2) is 8.29. The molecule has 0 saturated carbocycles. The van der Waals surface area contributed by atoms with Crippen molar-refractivity contribution in [2.24, 2.45) is 0 Å². The number of halogens is 2. The Kier molecular flexibility index (Phi) is 6.37. The van der Waals surface area contributed by atoms with E-state index in [4.69, 9.17) is 9.47 Å². The van der Waals surface area contributed by atoms with Gasteiger partial charge in [0.05, 0.1) is 10.0 Å². The molecule has 0 heterocycles. The molecule has 24 heavy (non-hydrogen) atoms. The lowest BCUT2D eigenvalue weighted by Crippen LogP contribution is -2.10. The van der Waals surface area contributed by atoms with Gasteiger partial charge in [0, 0.05) is 6.42 Å². The lowest BCUT2D eigenvalue weighted by Gasteiger charge is -2.14. The molecule has 3 nitrogen and oxygen atoms in total. The quantitative estimate of drug-likeness (QED) is 0.488. The van der Waals surface area contributed by atoms with Gasteiger partial charge in [-0.1, -0.05) is 19.9 Å². The summed E-state index contributed by atoms with van der Waals surface area (Å²) in [6.07, 6.45) is 1.15. The first-order valence-electron chi connectivity index (χ1n) is 7.86. The minimum atomic E-state index is -0.463. The Morgan fingerprint density at radius 2 is 1.96 bits per heavy atom. The molecule has 5 heteroatoms. The molecule has 0 aliphatic heterocycles. The number of carbonyl (C=O) groups is 1. The standard InChI is InChI=1S/C19H20BrFO3/c1-4-13-10-15(20)18(9-12(13)3)23-11-14-16(21)7-6-8-17(14)24-19(22)5-2/h6-10H,4-5,11H2,1-3H3. The van der Waals surface area contributed by atoms with Crippen LogP contribution in [0.2, 0.25) is 0 Å². The van der Waals surface area contributed by atoms with Crippen molar-refractivity contribution in [3.63, 3.8) is 0 Å². The first-order chi connectivity index (χ1) is 11.5. The predicted molar refractivity (Wildman–Crippen MR) is 94.9 cm³/mol. The summed E-state index contributed by atoms with van der Waals surface area (Å²) in [5.74, 6) is -0.0545. The zero-order valence-corrected chi connectivity index (χ0v) is 15.6. The van der Waals surface area contributed by atoms with Crippen LogP contribution in [-0.4, -0.2) is 5.97 Å². The fourth-order valence-electron chi connectivity index (χ4n) is 2.31. The van der Waals surface area contributed by atoms with Gasteiger partial charge in [-0.3, -0.25) is 4.79 Å². The van der Waals surface area contributed by atoms with Gasteiger partial charge < -0.3 is 9.47 Å². The molecule has 0 N–H and O–H groups in total. The van der Waals surface area contributed by atoms with Crippen molar-refractivity contribution < 1.29 is 18.7 Å². The van der Waals surface area contributed by atoms with Crippen molar-refractivity contribution in [2.75, 3.05) is 0 Å². The van der Waals surface area contributed by atoms with Crippen LogP contribution in [0.4, 0.5) is 4.39 Å². The van der Waals surface area contributed by atoms with Crippen LogP contribution < -0.4 is 9.47 Å². The summed E-state index contributed by atoms with van der Waals surface area (Å²) in [6.45, 7) is 5.76. The second-order valence-electron chi connectivity index (χ2n) is 5.40. The van der Waals surface area contributed by atoms with Crippen molar-refractivity contribution in [1.82, 2.24) is 0 Å². The maximum absolute atomic E-state index is 14.1. The second-order valence-corrected chi connectivity index (χ2v) is 6.25. The summed E-state index contributed by atoms with van der Waals surface area (Å²) < 4.78 is 25.9. The largest absolute Gasteiger partial charge is 0.487 e. The number of rotatable bonds is 6. The fraction of sp³-hybridized carbons (Fsp3) is 0.316. The molecule has 128 valence electrons. The van der Waals surface area contributed by atoms with Crippen molar-refractivity contribution in [1.29, 1.82) is 0 Å². The zero-order chi connectivity index (χ0) is 17.7. The number of carbonyl (C=O) groups excluding carboxylic acids is 1. The first-order valence-corrected chi connectivity index (χ1v) is 8.65. The van der Waals surface area contributed by atoms with Gasteiger partial charge in [-0.15, -0.1) is 0 Å². The smallest absolute Gasteiger partial charge is 0.310 e. The molecule has 0 radical (unpaired) electrons. The summed E-state index contributed by atoms with van der Waals surface area (Å²) in [5, 5.41) is 0. The van der Waals surface area contributed by atoms with Crippen LogP contribution in [0.5, 0.6) is 11.5 Å². The number of hydrogen-bond donors (Lipinski definition) is 0. The average Bonchev–Trinajstić information content (AvgIpc) is 2.56. The van der Waals surface area contributed by atoms with Crippen LogP contribution in [0.1, 0.15) is 37.0 Å². The summed E-state index contributed by atoms with van der Waals surface area (Å²) in [7, 11) is 0. The SMILES string of the molecule is CCC(=O)Oc1cccc(F)c1COc1cc(C)c(CC)cc1Br. The third-order valence-corrected chi connectivity index (χ3v) is 4.35. The molecule has 2 aromatic rings. The van der Waals surface area contributed by atoms with Gasteiger partial charge >= 0.3 is 5.97 Å². The Morgan fingerprint density at radius 1 is 1.21 bits per heavy atom. The zero-order valence-electron chi connectivity index (χ0n) is 14.0. The number of esters is 1. The van der Waals surface area contributed by atoms with Gasteiger partial charge in [-0.2, -0.15) is 0 Å². The van der Waals surface area contributed by atoms with Crippen LogP contribution in [0.15, 0.2) is 34.8 Å². The van der Waals surface area contributed by atoms with Crippen molar-refractivity contribution in [3.8, 4) is 11.5 Å². The lowest BCUT2D eigenvalue weighted by molar-refractivity contribution is -0.134. The Hall–Kier alpha value is -1.88. The third kappa shape index (κ3) is 4.35. The Balaban J connectivity index is 2.23. The van der Waals surface area contributed by atoms with E-state index in [1.165, 1.54) is 17.7 Å². The molecule has 0 atom stereocenters. The molecule has 0 fully saturated rings. The van der Waals surface area contributed by atoms with E-state index in [0.29, 0.717) is 5.75 Å². The lowest BCUT2D eigenvalue weighted by atomic mass is 10.1. The van der Waals surface area contributed by atoms with Crippen LogP contribution in [-0.2, 0) is 17.8 Å². The molecule has 0 amide bonds. The molecule has 0 aliphatic rings. The van der Waals surface area contributed by atoms with E-state index >= 15 is 0 Å². The molecule has 0 spiro atoms. The van der Waals surface area contributed by atoms with E-state index in [-0.39, 0.29) is 24.3 Å². The highest BCUT2D eigenvalue weighted by molar-refractivity contribution is 9.10. The molecule has 0 unspecified atom stereocenters. The Labute approximate surface area is 149 Å². The van der Waals surface area contributed by atoms with Crippen molar-refractivity contribution >= 4 is 21.9 Å². The van der Waals surface area contributed by atoms with E-state index in [2.05, 4.69) is 22.9 Å². The molecular weight excluding hydrogens is 375 g/mol. The number of hydrogen-bond acceptors (Lipinski definition) is 3. The van der Waals surface area contributed by atoms with Crippen molar-refractivity contribution in [2.45, 2.75) is 40.2 Å². The van der Waals surface area contributed by atoms with E-state index in [1.54, 1.807) is 13.0 Å². The molecule has 2 rings (SSSR count). The average molecular weight is 395 g/mol. The Morgan fingerprint density at radius 3 is 2.62 bits per heavy atom. The number of ether oxygens (including phenoxy) is 2. The van der Waals surface area contributed by atoms with Gasteiger partial charge in [0.25, 0.3) is 0 Å². The van der Waals surface area contributed by atoms with Gasteiger partial charge in [-0.05, 0) is 64.7 Å².